The van der Waals surface area contributed by atoms with Gasteiger partial charge in [0.25, 0.3) is 5.79 Å². The lowest BCUT2D eigenvalue weighted by atomic mass is 9.53. The Balaban J connectivity index is 1.25. The Morgan fingerprint density at radius 3 is 2.78 bits per heavy atom. The zero-order valence-corrected chi connectivity index (χ0v) is 27.2. The van der Waals surface area contributed by atoms with Gasteiger partial charge in [-0.1, -0.05) is 49.6 Å². The van der Waals surface area contributed by atoms with Gasteiger partial charge < -0.3 is 23.9 Å². The molecule has 2 aliphatic carbocycles. The molecule has 2 spiro atoms. The number of imidazole rings is 1. The van der Waals surface area contributed by atoms with Crippen LogP contribution in [0.1, 0.15) is 86.5 Å². The molecule has 0 radical (unpaired) electrons. The minimum Gasteiger partial charge on any atom is -0.478 e. The Morgan fingerprint density at radius 1 is 1.11 bits per heavy atom. The van der Waals surface area contributed by atoms with Gasteiger partial charge in [0.2, 0.25) is 0 Å². The van der Waals surface area contributed by atoms with Gasteiger partial charge in [0, 0.05) is 41.2 Å². The van der Waals surface area contributed by atoms with Gasteiger partial charge in [-0.15, -0.1) is 0 Å². The Hall–Kier alpha value is -3.33. The molecule has 46 heavy (non-hydrogen) atoms. The third kappa shape index (κ3) is 3.81. The van der Waals surface area contributed by atoms with Crippen LogP contribution in [0.15, 0.2) is 59.2 Å². The van der Waals surface area contributed by atoms with Crippen LogP contribution in [0.3, 0.4) is 0 Å². The molecule has 6 aliphatic rings. The molecule has 8 nitrogen and oxygen atoms in total. The van der Waals surface area contributed by atoms with Gasteiger partial charge in [0.05, 0.1) is 41.2 Å². The summed E-state index contributed by atoms with van der Waals surface area (Å²) in [6, 6.07) is 11.7. The molecule has 0 amide bonds. The zero-order chi connectivity index (χ0) is 31.4. The fraction of sp³-hybridized carbons (Fsp3) is 0.514. The first-order valence-corrected chi connectivity index (χ1v) is 17.3. The highest BCUT2D eigenvalue weighted by atomic mass is 35.5. The Kier molecular flexibility index (Phi) is 6.33. The molecule has 1 aromatic heterocycles. The Bertz CT molecular complexity index is 1850. The molecule has 6 atom stereocenters. The van der Waals surface area contributed by atoms with Crippen molar-refractivity contribution in [3.8, 4) is 11.5 Å². The molecule has 3 unspecified atom stereocenters. The summed E-state index contributed by atoms with van der Waals surface area (Å²) in [5.74, 6) is 1.53. The molecular formula is C37H40ClN3O5. The van der Waals surface area contributed by atoms with E-state index in [-0.39, 0.29) is 23.1 Å². The number of allylic oxidation sites excluding steroid dienone is 2. The first-order chi connectivity index (χ1) is 22.2. The van der Waals surface area contributed by atoms with Gasteiger partial charge in [-0.05, 0) is 74.9 Å². The van der Waals surface area contributed by atoms with Crippen LogP contribution >= 0.6 is 11.6 Å². The highest BCUT2D eigenvalue weighted by Crippen LogP contribution is 2.71. The molecule has 3 fully saturated rings. The number of carboxylic acid groups (broad SMARTS) is 1. The van der Waals surface area contributed by atoms with E-state index in [9.17, 15) is 9.90 Å². The molecule has 240 valence electrons. The summed E-state index contributed by atoms with van der Waals surface area (Å²) in [5, 5.41) is 10.7. The molecular weight excluding hydrogens is 602 g/mol. The summed E-state index contributed by atoms with van der Waals surface area (Å²) in [6.07, 6.45) is 11.6. The summed E-state index contributed by atoms with van der Waals surface area (Å²) < 4.78 is 21.7. The van der Waals surface area contributed by atoms with Gasteiger partial charge in [-0.3, -0.25) is 4.90 Å². The number of fused-ring (bicyclic) bond motifs is 4. The van der Waals surface area contributed by atoms with Crippen LogP contribution < -0.4 is 9.47 Å². The largest absolute Gasteiger partial charge is 0.478 e. The van der Waals surface area contributed by atoms with Crippen LogP contribution in [0, 0.1) is 11.3 Å². The number of rotatable bonds is 5. The highest BCUT2D eigenvalue weighted by molar-refractivity contribution is 6.31. The second-order valence-corrected chi connectivity index (χ2v) is 14.9. The van der Waals surface area contributed by atoms with E-state index in [1.54, 1.807) is 12.1 Å². The quantitative estimate of drug-likeness (QED) is 0.311. The van der Waals surface area contributed by atoms with Crippen molar-refractivity contribution < 1.29 is 24.1 Å². The van der Waals surface area contributed by atoms with Gasteiger partial charge in [0.15, 0.2) is 11.5 Å². The second kappa shape index (κ2) is 10.1. The van der Waals surface area contributed by atoms with E-state index >= 15 is 0 Å². The normalized spacial score (nSPS) is 34.5. The van der Waals surface area contributed by atoms with Crippen LogP contribution in [0.4, 0.5) is 0 Å². The Labute approximate surface area is 274 Å². The maximum Gasteiger partial charge on any atom is 0.335 e. The molecule has 3 aromatic rings. The van der Waals surface area contributed by atoms with E-state index in [2.05, 4.69) is 47.6 Å². The van der Waals surface area contributed by atoms with Crippen molar-refractivity contribution in [2.24, 2.45) is 11.3 Å². The number of benzene rings is 2. The van der Waals surface area contributed by atoms with Crippen molar-refractivity contribution in [1.29, 1.82) is 0 Å². The van der Waals surface area contributed by atoms with Crippen molar-refractivity contribution in [2.75, 3.05) is 13.2 Å². The number of carboxylic acids is 1. The molecule has 9 rings (SSSR count). The maximum atomic E-state index is 12.0. The average Bonchev–Trinajstić information content (AvgIpc) is 3.74. The van der Waals surface area contributed by atoms with Gasteiger partial charge >= 0.3 is 5.97 Å². The summed E-state index contributed by atoms with van der Waals surface area (Å²) in [7, 11) is 0. The summed E-state index contributed by atoms with van der Waals surface area (Å²) in [6.45, 7) is 7.39. The second-order valence-electron chi connectivity index (χ2n) is 14.5. The first kappa shape index (κ1) is 28.9. The minimum atomic E-state index is -0.954. The van der Waals surface area contributed by atoms with Crippen molar-refractivity contribution in [2.45, 2.75) is 95.2 Å². The van der Waals surface area contributed by atoms with Crippen molar-refractivity contribution in [1.82, 2.24) is 14.5 Å². The van der Waals surface area contributed by atoms with Crippen LogP contribution in [0.25, 0.3) is 11.0 Å². The molecule has 9 heteroatoms. The van der Waals surface area contributed by atoms with E-state index in [0.29, 0.717) is 19.0 Å². The number of hydrogen-bond donors (Lipinski definition) is 1. The number of halogens is 1. The third-order valence-electron chi connectivity index (χ3n) is 12.2. The number of likely N-dealkylation sites (tertiary alicyclic amines) is 1. The monoisotopic (exact) mass is 641 g/mol. The number of hydrogen-bond acceptors (Lipinski definition) is 6. The highest BCUT2D eigenvalue weighted by Gasteiger charge is 2.70. The van der Waals surface area contributed by atoms with Crippen molar-refractivity contribution in [3.05, 3.63) is 76.1 Å². The lowest BCUT2D eigenvalue weighted by Crippen LogP contribution is -2.64. The molecule has 4 aliphatic heterocycles. The molecule has 1 saturated carbocycles. The summed E-state index contributed by atoms with van der Waals surface area (Å²) in [4.78, 5) is 19.9. The van der Waals surface area contributed by atoms with E-state index in [0.717, 1.165) is 90.6 Å². The SMILES string of the molecule is CC1CCCC23C(Cl)=CC=C2[C@@]2(C)Oc4cccc(c4O2)C2CCN(Cc4nc5ccc(C(=O)O)cc5n4C[C@@H]4CCO4)[C@@]23CC1. The molecule has 2 bridgehead atoms. The number of aromatic nitrogens is 2. The lowest BCUT2D eigenvalue weighted by Gasteiger charge is -2.59. The number of ether oxygens (including phenoxy) is 3. The minimum absolute atomic E-state index is 0.0975. The topological polar surface area (TPSA) is 86.0 Å². The van der Waals surface area contributed by atoms with Crippen LogP contribution in [0.5, 0.6) is 11.5 Å². The Morgan fingerprint density at radius 2 is 1.98 bits per heavy atom. The van der Waals surface area contributed by atoms with Crippen LogP contribution in [0.2, 0.25) is 0 Å². The predicted molar refractivity (Wildman–Crippen MR) is 174 cm³/mol. The van der Waals surface area contributed by atoms with Gasteiger partial charge in [-0.2, -0.15) is 0 Å². The summed E-state index contributed by atoms with van der Waals surface area (Å²) >= 11 is 7.58. The van der Waals surface area contributed by atoms with Crippen molar-refractivity contribution in [3.63, 3.8) is 0 Å². The van der Waals surface area contributed by atoms with E-state index in [4.69, 9.17) is 30.8 Å². The maximum absolute atomic E-state index is 12.0. The molecule has 2 aromatic carbocycles. The average molecular weight is 642 g/mol. The van der Waals surface area contributed by atoms with Crippen LogP contribution in [-0.4, -0.2) is 56.1 Å². The summed E-state index contributed by atoms with van der Waals surface area (Å²) in [5.41, 5.74) is 3.44. The first-order valence-electron chi connectivity index (χ1n) is 16.9. The van der Waals surface area contributed by atoms with E-state index in [1.165, 1.54) is 12.0 Å². The number of aromatic carboxylic acids is 1. The van der Waals surface area contributed by atoms with Gasteiger partial charge in [0.1, 0.15) is 5.82 Å². The molecule has 1 N–H and O–H groups in total. The number of nitrogens with zero attached hydrogens (tertiary/aromatic N) is 3. The van der Waals surface area contributed by atoms with Crippen molar-refractivity contribution >= 4 is 28.6 Å². The molecule has 2 saturated heterocycles. The lowest BCUT2D eigenvalue weighted by molar-refractivity contribution is -0.0815. The number of para-hydroxylation sites is 1. The predicted octanol–water partition coefficient (Wildman–Crippen LogP) is 7.40. The fourth-order valence-corrected chi connectivity index (χ4v) is 10.4. The third-order valence-corrected chi connectivity index (χ3v) is 12.6. The van der Waals surface area contributed by atoms with E-state index < -0.39 is 17.2 Å². The standard InChI is InChI=1S/C37H40ClN3O5/c1-22-5-4-15-36-30(10-11-31(36)38)35(2)45-29-7-3-6-25(33(29)46-35)26-13-17-40(37(26,36)16-12-22)21-32-39-27-9-8-23(34(42)43)19-28(27)41(32)20-24-14-18-44-24/h3,6-11,19,22,24,26H,4-5,12-18,20-21H2,1-2H3,(H,42,43)/t22?,24-,26?,35-,36?,37-/m0/s1. The van der Waals surface area contributed by atoms with Crippen LogP contribution in [-0.2, 0) is 17.8 Å². The fourth-order valence-electron chi connectivity index (χ4n) is 10.0. The van der Waals surface area contributed by atoms with E-state index in [1.807, 2.05) is 12.1 Å². The molecule has 5 heterocycles. The smallest absolute Gasteiger partial charge is 0.335 e. The zero-order valence-electron chi connectivity index (χ0n) is 26.4. The van der Waals surface area contributed by atoms with Gasteiger partial charge in [-0.25, -0.2) is 9.78 Å². The number of carbonyl (C=O) groups is 1.